The lowest BCUT2D eigenvalue weighted by Crippen LogP contribution is -2.55. The van der Waals surface area contributed by atoms with E-state index in [0.29, 0.717) is 26.3 Å². The quantitative estimate of drug-likeness (QED) is 0.620. The highest BCUT2D eigenvalue weighted by Gasteiger charge is 2.30. The number of carbonyl (C=O) groups excluding carboxylic acids is 1. The van der Waals surface area contributed by atoms with Crippen LogP contribution in [0.25, 0.3) is 0 Å². The van der Waals surface area contributed by atoms with Crippen LogP contribution in [0.5, 0.6) is 0 Å². The Morgan fingerprint density at radius 3 is 2.44 bits per heavy atom. The summed E-state index contributed by atoms with van der Waals surface area (Å²) < 4.78 is 10.7. The van der Waals surface area contributed by atoms with Gasteiger partial charge in [-0.1, -0.05) is 24.3 Å². The first kappa shape index (κ1) is 19.6. The molecular weight excluding hydrogens is 344 g/mol. The molecule has 1 unspecified atom stereocenters. The molecule has 2 saturated heterocycles. The molecule has 0 bridgehead atoms. The van der Waals surface area contributed by atoms with E-state index in [9.17, 15) is 4.79 Å². The molecule has 1 atom stereocenters. The number of amides is 1. The number of methoxy groups -OCH3 is 1. The van der Waals surface area contributed by atoms with Gasteiger partial charge in [-0.05, 0) is 24.0 Å². The highest BCUT2D eigenvalue weighted by atomic mass is 16.5. The van der Waals surface area contributed by atoms with Gasteiger partial charge in [0.2, 0.25) is 0 Å². The molecule has 148 valence electrons. The Kier molecular flexibility index (Phi) is 7.06. The Morgan fingerprint density at radius 1 is 1.19 bits per heavy atom. The highest BCUT2D eigenvalue weighted by molar-refractivity contribution is 5.82. The van der Waals surface area contributed by atoms with Crippen LogP contribution >= 0.6 is 0 Å². The van der Waals surface area contributed by atoms with Crippen molar-refractivity contribution < 1.29 is 14.3 Å². The van der Waals surface area contributed by atoms with Crippen molar-refractivity contribution in [3.63, 3.8) is 0 Å². The molecule has 7 nitrogen and oxygen atoms in total. The van der Waals surface area contributed by atoms with E-state index in [1.165, 1.54) is 5.56 Å². The number of rotatable bonds is 5. The van der Waals surface area contributed by atoms with Crippen LogP contribution in [0, 0.1) is 0 Å². The number of piperazine rings is 1. The fourth-order valence-electron chi connectivity index (χ4n) is 3.55. The summed E-state index contributed by atoms with van der Waals surface area (Å²) in [6.07, 6.45) is 1.61. The third kappa shape index (κ3) is 5.20. The van der Waals surface area contributed by atoms with Crippen LogP contribution in [0.3, 0.4) is 0 Å². The number of aliphatic imine (C=N–C) groups is 1. The van der Waals surface area contributed by atoms with Crippen LogP contribution < -0.4 is 5.32 Å². The van der Waals surface area contributed by atoms with Gasteiger partial charge in [0.1, 0.15) is 6.10 Å². The molecule has 27 heavy (non-hydrogen) atoms. The predicted octanol–water partition coefficient (Wildman–Crippen LogP) is 1.23. The number of nitrogens with zero attached hydrogens (tertiary/aromatic N) is 3. The topological polar surface area (TPSA) is 66.4 Å². The molecule has 3 rings (SSSR count). The Morgan fingerprint density at radius 2 is 1.85 bits per heavy atom. The second kappa shape index (κ2) is 9.71. The van der Waals surface area contributed by atoms with Crippen molar-refractivity contribution in [1.29, 1.82) is 0 Å². The SMILES string of the molecule is CN=C(NCc1ccc(COC)cc1)N1CCN(C(=O)C2CCCO2)CC1. The Bertz CT molecular complexity index is 633. The van der Waals surface area contributed by atoms with E-state index in [0.717, 1.165) is 44.0 Å². The van der Waals surface area contributed by atoms with Gasteiger partial charge in [0.05, 0.1) is 6.61 Å². The summed E-state index contributed by atoms with van der Waals surface area (Å²) in [7, 11) is 3.50. The van der Waals surface area contributed by atoms with Crippen LogP contribution in [-0.4, -0.2) is 74.7 Å². The number of nitrogens with one attached hydrogen (secondary N) is 1. The normalized spacial score (nSPS) is 20.8. The molecule has 1 aromatic carbocycles. The third-order valence-electron chi connectivity index (χ3n) is 5.09. The number of guanidine groups is 1. The summed E-state index contributed by atoms with van der Waals surface area (Å²) in [5.41, 5.74) is 2.36. The molecule has 0 aliphatic carbocycles. The van der Waals surface area contributed by atoms with Crippen molar-refractivity contribution in [1.82, 2.24) is 15.1 Å². The van der Waals surface area contributed by atoms with Crippen molar-refractivity contribution in [2.24, 2.45) is 4.99 Å². The average molecular weight is 374 g/mol. The molecule has 2 fully saturated rings. The number of hydrogen-bond donors (Lipinski definition) is 1. The minimum Gasteiger partial charge on any atom is -0.380 e. The zero-order valence-corrected chi connectivity index (χ0v) is 16.3. The van der Waals surface area contributed by atoms with Gasteiger partial charge in [-0.15, -0.1) is 0 Å². The van der Waals surface area contributed by atoms with Crippen LogP contribution in [0.4, 0.5) is 0 Å². The van der Waals surface area contributed by atoms with Gasteiger partial charge in [-0.3, -0.25) is 9.79 Å². The smallest absolute Gasteiger partial charge is 0.251 e. The van der Waals surface area contributed by atoms with E-state index in [4.69, 9.17) is 9.47 Å². The molecule has 7 heteroatoms. The van der Waals surface area contributed by atoms with Gasteiger partial charge in [-0.2, -0.15) is 0 Å². The molecule has 0 spiro atoms. The molecule has 0 radical (unpaired) electrons. The van der Waals surface area contributed by atoms with Crippen LogP contribution in [0.2, 0.25) is 0 Å². The van der Waals surface area contributed by atoms with Gasteiger partial charge < -0.3 is 24.6 Å². The zero-order valence-electron chi connectivity index (χ0n) is 16.3. The first-order valence-electron chi connectivity index (χ1n) is 9.64. The lowest BCUT2D eigenvalue weighted by Gasteiger charge is -2.37. The Labute approximate surface area is 161 Å². The lowest BCUT2D eigenvalue weighted by atomic mass is 10.1. The van der Waals surface area contributed by atoms with E-state index < -0.39 is 0 Å². The van der Waals surface area contributed by atoms with Crippen molar-refractivity contribution in [3.05, 3.63) is 35.4 Å². The molecule has 2 aliphatic heterocycles. The van der Waals surface area contributed by atoms with E-state index in [-0.39, 0.29) is 12.0 Å². The molecular formula is C20H30N4O3. The number of hydrogen-bond acceptors (Lipinski definition) is 4. The van der Waals surface area contributed by atoms with Crippen LogP contribution in [0.15, 0.2) is 29.3 Å². The average Bonchev–Trinajstić information content (AvgIpc) is 3.25. The van der Waals surface area contributed by atoms with Crippen LogP contribution in [-0.2, 0) is 27.4 Å². The molecule has 1 N–H and O–H groups in total. The van der Waals surface area contributed by atoms with Gasteiger partial charge in [0.25, 0.3) is 5.91 Å². The van der Waals surface area contributed by atoms with E-state index in [1.54, 1.807) is 14.2 Å². The summed E-state index contributed by atoms with van der Waals surface area (Å²) in [5, 5.41) is 3.42. The van der Waals surface area contributed by atoms with Gasteiger partial charge in [-0.25, -0.2) is 0 Å². The third-order valence-corrected chi connectivity index (χ3v) is 5.09. The number of benzene rings is 1. The fourth-order valence-corrected chi connectivity index (χ4v) is 3.55. The maximum absolute atomic E-state index is 12.5. The second-order valence-electron chi connectivity index (χ2n) is 6.96. The second-order valence-corrected chi connectivity index (χ2v) is 6.96. The first-order valence-corrected chi connectivity index (χ1v) is 9.64. The standard InChI is InChI=1S/C20H30N4O3/c1-21-20(22-14-16-5-7-17(8-6-16)15-26-2)24-11-9-23(10-12-24)19(25)18-4-3-13-27-18/h5-8,18H,3-4,9-15H2,1-2H3,(H,21,22). The van der Waals surface area contributed by atoms with Gasteiger partial charge in [0.15, 0.2) is 5.96 Å². The highest BCUT2D eigenvalue weighted by Crippen LogP contribution is 2.16. The Balaban J connectivity index is 1.46. The molecule has 0 saturated carbocycles. The number of carbonyl (C=O) groups is 1. The summed E-state index contributed by atoms with van der Waals surface area (Å²) >= 11 is 0. The molecule has 1 aromatic rings. The maximum Gasteiger partial charge on any atom is 0.251 e. The molecule has 0 aromatic heterocycles. The van der Waals surface area contributed by atoms with Gasteiger partial charge >= 0.3 is 0 Å². The van der Waals surface area contributed by atoms with Crippen molar-refractivity contribution in [2.45, 2.75) is 32.1 Å². The monoisotopic (exact) mass is 374 g/mol. The minimum atomic E-state index is -0.227. The van der Waals surface area contributed by atoms with Crippen molar-refractivity contribution >= 4 is 11.9 Å². The lowest BCUT2D eigenvalue weighted by molar-refractivity contribution is -0.142. The summed E-state index contributed by atoms with van der Waals surface area (Å²) in [4.78, 5) is 21.0. The Hall–Kier alpha value is -2.12. The summed E-state index contributed by atoms with van der Waals surface area (Å²) in [6, 6.07) is 8.37. The minimum absolute atomic E-state index is 0.145. The molecule has 2 heterocycles. The van der Waals surface area contributed by atoms with Crippen LogP contribution in [0.1, 0.15) is 24.0 Å². The first-order chi connectivity index (χ1) is 13.2. The van der Waals surface area contributed by atoms with E-state index in [1.807, 2.05) is 4.90 Å². The van der Waals surface area contributed by atoms with Crippen molar-refractivity contribution in [3.8, 4) is 0 Å². The largest absolute Gasteiger partial charge is 0.380 e. The number of ether oxygens (including phenoxy) is 2. The van der Waals surface area contributed by atoms with Gasteiger partial charge in [0, 0.05) is 53.5 Å². The maximum atomic E-state index is 12.5. The molecule has 2 aliphatic rings. The zero-order chi connectivity index (χ0) is 19.1. The molecule has 1 amide bonds. The van der Waals surface area contributed by atoms with E-state index in [2.05, 4.69) is 39.5 Å². The summed E-state index contributed by atoms with van der Waals surface area (Å²) in [6.45, 7) is 5.05. The summed E-state index contributed by atoms with van der Waals surface area (Å²) in [5.74, 6) is 1.02. The van der Waals surface area contributed by atoms with E-state index >= 15 is 0 Å². The fraction of sp³-hybridized carbons (Fsp3) is 0.600. The predicted molar refractivity (Wildman–Crippen MR) is 104 cm³/mol. The van der Waals surface area contributed by atoms with Crippen molar-refractivity contribution in [2.75, 3.05) is 46.9 Å².